The highest BCUT2D eigenvalue weighted by Crippen LogP contribution is 2.42. The summed E-state index contributed by atoms with van der Waals surface area (Å²) in [5.41, 5.74) is 6.02. The van der Waals surface area contributed by atoms with E-state index in [2.05, 4.69) is 20.9 Å². The quantitative estimate of drug-likeness (QED) is 0.166. The van der Waals surface area contributed by atoms with E-state index in [0.29, 0.717) is 52.3 Å². The van der Waals surface area contributed by atoms with E-state index in [0.717, 1.165) is 39.8 Å². The number of carbonyl (C=O) groups is 2. The van der Waals surface area contributed by atoms with Crippen LogP contribution in [0.5, 0.6) is 5.88 Å². The fourth-order valence-electron chi connectivity index (χ4n) is 6.10. The molecule has 2 aromatic carbocycles. The Balaban J connectivity index is 1.25. The molecule has 1 aliphatic rings. The van der Waals surface area contributed by atoms with Crippen molar-refractivity contribution in [2.24, 2.45) is 0 Å². The Kier molecular flexibility index (Phi) is 10.8. The van der Waals surface area contributed by atoms with E-state index >= 15 is 0 Å². The Labute approximate surface area is 299 Å². The third-order valence-corrected chi connectivity index (χ3v) is 9.53. The maximum Gasteiger partial charge on any atom is 0.262 e. The molecule has 13 heteroatoms. The van der Waals surface area contributed by atoms with Crippen LogP contribution in [0.1, 0.15) is 24.0 Å². The van der Waals surface area contributed by atoms with Crippen LogP contribution in [0.25, 0.3) is 39.2 Å². The van der Waals surface area contributed by atoms with Crippen molar-refractivity contribution in [3.63, 3.8) is 0 Å². The summed E-state index contributed by atoms with van der Waals surface area (Å²) in [6.07, 6.45) is 4.62. The number of rotatable bonds is 12. The van der Waals surface area contributed by atoms with Crippen LogP contribution < -0.4 is 26.2 Å². The normalized spacial score (nSPS) is 14.3. The van der Waals surface area contributed by atoms with Gasteiger partial charge in [-0.2, -0.15) is 0 Å². The monoisotopic (exact) mass is 713 g/mol. The van der Waals surface area contributed by atoms with Gasteiger partial charge in [0.25, 0.3) is 5.56 Å². The Morgan fingerprint density at radius 3 is 2.44 bits per heavy atom. The molecule has 1 saturated heterocycles. The second-order valence-corrected chi connectivity index (χ2v) is 13.0. The van der Waals surface area contributed by atoms with E-state index in [1.165, 1.54) is 4.40 Å². The number of nitrogens with one attached hydrogen (secondary N) is 3. The van der Waals surface area contributed by atoms with Crippen LogP contribution in [0, 0.1) is 0 Å². The Morgan fingerprint density at radius 1 is 1.02 bits per heavy atom. The molecule has 6 rings (SSSR count). The number of benzene rings is 2. The van der Waals surface area contributed by atoms with Crippen LogP contribution in [0.3, 0.4) is 0 Å². The van der Waals surface area contributed by atoms with Crippen LogP contribution in [0.15, 0.2) is 77.9 Å². The van der Waals surface area contributed by atoms with Crippen molar-refractivity contribution in [2.75, 3.05) is 34.3 Å². The summed E-state index contributed by atoms with van der Waals surface area (Å²) in [5.74, 6) is 0.438. The molecule has 4 heterocycles. The van der Waals surface area contributed by atoms with Crippen LogP contribution in [0.2, 0.25) is 10.0 Å². The van der Waals surface area contributed by atoms with Gasteiger partial charge in [0, 0.05) is 79.4 Å². The zero-order chi connectivity index (χ0) is 35.4. The lowest BCUT2D eigenvalue weighted by Crippen LogP contribution is -2.35. The summed E-state index contributed by atoms with van der Waals surface area (Å²) in [6, 6.07) is 19.1. The van der Waals surface area contributed by atoms with Crippen molar-refractivity contribution >= 4 is 40.7 Å². The predicted octanol–water partition coefficient (Wildman–Crippen LogP) is 4.95. The Bertz CT molecular complexity index is 2140. The molecule has 50 heavy (non-hydrogen) atoms. The van der Waals surface area contributed by atoms with Gasteiger partial charge in [-0.1, -0.05) is 65.7 Å². The van der Waals surface area contributed by atoms with Gasteiger partial charge >= 0.3 is 0 Å². The molecule has 0 unspecified atom stereocenters. The molecule has 0 saturated carbocycles. The Morgan fingerprint density at radius 2 is 1.74 bits per heavy atom. The number of nitrogens with zero attached hydrogens (tertiary/aromatic N) is 4. The maximum atomic E-state index is 13.3. The first-order valence-corrected chi connectivity index (χ1v) is 16.9. The van der Waals surface area contributed by atoms with Gasteiger partial charge in [-0.3, -0.25) is 23.7 Å². The van der Waals surface area contributed by atoms with E-state index < -0.39 is 0 Å². The molecule has 1 fully saturated rings. The number of halogens is 2. The second kappa shape index (κ2) is 15.4. The number of hydrogen-bond acceptors (Lipinski definition) is 8. The molecular weight excluding hydrogens is 677 g/mol. The lowest BCUT2D eigenvalue weighted by Gasteiger charge is -2.16. The summed E-state index contributed by atoms with van der Waals surface area (Å²) in [7, 11) is 4.93. The zero-order valence-electron chi connectivity index (χ0n) is 27.9. The molecule has 0 spiro atoms. The molecule has 5 aromatic rings. The first-order chi connectivity index (χ1) is 24.2. The summed E-state index contributed by atoms with van der Waals surface area (Å²) < 4.78 is 7.13. The number of likely N-dealkylation sites (N-methyl/N-ethyl adjacent to an activating group) is 2. The fourth-order valence-corrected chi connectivity index (χ4v) is 6.76. The minimum atomic E-state index is -0.206. The standard InChI is InChI=1S/C37H37Cl2N7O4/c1-40-33(48)21-45(2)20-24-18-42-31-16-22(14-15-46(31)37(24)49)26-6-4-7-27(34(26)38)28-8-5-9-29(35(28)39)30-12-10-23(36(44-30)50-3)17-41-19-25-11-13-32(47)43-25/h4-10,12,14-16,18,25,41H,11,13,17,19-21H2,1-3H3,(H,40,48)(H,43,47)/t25-/m0/s1. The number of pyridine rings is 2. The third-order valence-electron chi connectivity index (χ3n) is 8.71. The lowest BCUT2D eigenvalue weighted by atomic mass is 9.97. The number of methoxy groups -OCH3 is 1. The Hall–Kier alpha value is -4.81. The van der Waals surface area contributed by atoms with Crippen molar-refractivity contribution < 1.29 is 14.3 Å². The number of amides is 2. The predicted molar refractivity (Wildman–Crippen MR) is 195 cm³/mol. The van der Waals surface area contributed by atoms with Gasteiger partial charge in [0.2, 0.25) is 17.7 Å². The van der Waals surface area contributed by atoms with Crippen molar-refractivity contribution in [1.29, 1.82) is 0 Å². The fraction of sp³-hybridized carbons (Fsp3) is 0.270. The van der Waals surface area contributed by atoms with Crippen LogP contribution in [-0.2, 0) is 22.7 Å². The molecule has 0 bridgehead atoms. The van der Waals surface area contributed by atoms with E-state index in [1.807, 2.05) is 60.7 Å². The molecule has 0 aliphatic carbocycles. The number of fused-ring (bicyclic) bond motifs is 1. The van der Waals surface area contributed by atoms with Crippen LogP contribution >= 0.6 is 23.2 Å². The van der Waals surface area contributed by atoms with Crippen LogP contribution in [0.4, 0.5) is 0 Å². The summed E-state index contributed by atoms with van der Waals surface area (Å²) >= 11 is 14.2. The van der Waals surface area contributed by atoms with E-state index in [1.54, 1.807) is 38.5 Å². The third kappa shape index (κ3) is 7.51. The van der Waals surface area contributed by atoms with Gasteiger partial charge in [0.15, 0.2) is 0 Å². The second-order valence-electron chi connectivity index (χ2n) is 12.2. The largest absolute Gasteiger partial charge is 0.481 e. The van der Waals surface area contributed by atoms with Crippen molar-refractivity contribution in [3.05, 3.63) is 105 Å². The van der Waals surface area contributed by atoms with Gasteiger partial charge < -0.3 is 20.7 Å². The minimum Gasteiger partial charge on any atom is -0.481 e. The first kappa shape index (κ1) is 35.0. The number of ether oxygens (including phenoxy) is 1. The zero-order valence-corrected chi connectivity index (χ0v) is 29.4. The molecule has 3 N–H and O–H groups in total. The van der Waals surface area contributed by atoms with Gasteiger partial charge in [-0.25, -0.2) is 9.97 Å². The molecular formula is C37H37Cl2N7O4. The highest BCUT2D eigenvalue weighted by Gasteiger charge is 2.21. The van der Waals surface area contributed by atoms with E-state index in [9.17, 15) is 14.4 Å². The molecule has 1 aliphatic heterocycles. The average molecular weight is 715 g/mol. The maximum absolute atomic E-state index is 13.3. The topological polar surface area (TPSA) is 130 Å². The minimum absolute atomic E-state index is 0.0899. The summed E-state index contributed by atoms with van der Waals surface area (Å²) in [5, 5.41) is 9.92. The van der Waals surface area contributed by atoms with Crippen LogP contribution in [-0.4, -0.2) is 71.4 Å². The molecule has 258 valence electrons. The SMILES string of the molecule is CNC(=O)CN(C)Cc1cnc2cc(-c3cccc(-c4cccc(-c5ccc(CNC[C@@H]6CCC(=O)N6)c(OC)n5)c4Cl)c3Cl)ccn2c1=O. The highest BCUT2D eigenvalue weighted by molar-refractivity contribution is 6.39. The molecule has 2 amide bonds. The molecule has 3 aromatic heterocycles. The number of aromatic nitrogens is 3. The smallest absolute Gasteiger partial charge is 0.262 e. The van der Waals surface area contributed by atoms with E-state index in [-0.39, 0.29) is 36.5 Å². The van der Waals surface area contributed by atoms with Crippen molar-refractivity contribution in [1.82, 2.24) is 35.2 Å². The van der Waals surface area contributed by atoms with Gasteiger partial charge in [-0.05, 0) is 37.2 Å². The summed E-state index contributed by atoms with van der Waals surface area (Å²) in [4.78, 5) is 47.6. The molecule has 0 radical (unpaired) electrons. The van der Waals surface area contributed by atoms with Crippen molar-refractivity contribution in [2.45, 2.75) is 32.0 Å². The van der Waals surface area contributed by atoms with E-state index in [4.69, 9.17) is 32.9 Å². The molecule has 1 atom stereocenters. The lowest BCUT2D eigenvalue weighted by molar-refractivity contribution is -0.121. The summed E-state index contributed by atoms with van der Waals surface area (Å²) in [6.45, 7) is 1.65. The highest BCUT2D eigenvalue weighted by atomic mass is 35.5. The van der Waals surface area contributed by atoms with Gasteiger partial charge in [0.1, 0.15) is 5.65 Å². The first-order valence-electron chi connectivity index (χ1n) is 16.2. The van der Waals surface area contributed by atoms with Crippen molar-refractivity contribution in [3.8, 4) is 39.4 Å². The molecule has 11 nitrogen and oxygen atoms in total. The average Bonchev–Trinajstić information content (AvgIpc) is 3.54. The number of carbonyl (C=O) groups excluding carboxylic acids is 2. The van der Waals surface area contributed by atoms with Gasteiger partial charge in [-0.15, -0.1) is 0 Å². The van der Waals surface area contributed by atoms with Gasteiger partial charge in [0.05, 0.1) is 35.0 Å². The number of hydrogen-bond donors (Lipinski definition) is 3.